The summed E-state index contributed by atoms with van der Waals surface area (Å²) in [6, 6.07) is 7.02. The second-order valence-corrected chi connectivity index (χ2v) is 9.73. The van der Waals surface area contributed by atoms with E-state index in [1.165, 1.54) is 16.7 Å². The van der Waals surface area contributed by atoms with E-state index in [1.807, 2.05) is 0 Å². The second-order valence-electron chi connectivity index (χ2n) is 9.73. The highest BCUT2D eigenvalue weighted by molar-refractivity contribution is 5.93. The lowest BCUT2D eigenvalue weighted by atomic mass is 9.77. The number of ketones is 1. The van der Waals surface area contributed by atoms with Crippen molar-refractivity contribution in [1.29, 1.82) is 0 Å². The molecule has 0 amide bonds. The number of nitrogens with zero attached hydrogens (tertiary/aromatic N) is 2. The summed E-state index contributed by atoms with van der Waals surface area (Å²) in [5.74, 6) is 0.847. The zero-order chi connectivity index (χ0) is 19.3. The Morgan fingerprint density at radius 2 is 1.35 bits per heavy atom. The number of carbonyl (C=O) groups excluding carboxylic acids is 1. The molecule has 1 heterocycles. The average Bonchev–Trinajstić information content (AvgIpc) is 3.35. The summed E-state index contributed by atoms with van der Waals surface area (Å²) in [4.78, 5) is 20.6. The largest absolute Gasteiger partial charge is 0.294 e. The van der Waals surface area contributed by atoms with Gasteiger partial charge in [-0.15, -0.1) is 0 Å². The van der Waals surface area contributed by atoms with Gasteiger partial charge in [-0.25, -0.2) is 9.97 Å². The van der Waals surface area contributed by atoms with E-state index in [4.69, 9.17) is 0 Å². The molecule has 138 valence electrons. The molecule has 3 nitrogen and oxygen atoms in total. The van der Waals surface area contributed by atoms with E-state index >= 15 is 0 Å². The lowest BCUT2D eigenvalue weighted by Gasteiger charge is -2.28. The SMILES string of the molecule is CC(=O)c1cnc(C2(c3cc(C(C)(C)C)cc(C(C)(C)C)c3)CC2)nc1. The van der Waals surface area contributed by atoms with Crippen LogP contribution in [0, 0.1) is 0 Å². The predicted octanol–water partition coefficient (Wildman–Crippen LogP) is 5.35. The maximum atomic E-state index is 11.5. The van der Waals surface area contributed by atoms with Crippen LogP contribution in [0.25, 0.3) is 0 Å². The number of hydrogen-bond donors (Lipinski definition) is 0. The topological polar surface area (TPSA) is 42.9 Å². The Morgan fingerprint density at radius 3 is 1.69 bits per heavy atom. The van der Waals surface area contributed by atoms with Gasteiger partial charge in [0.2, 0.25) is 0 Å². The summed E-state index contributed by atoms with van der Waals surface area (Å²) in [5.41, 5.74) is 4.67. The van der Waals surface area contributed by atoms with Gasteiger partial charge in [-0.05, 0) is 47.3 Å². The highest BCUT2D eigenvalue weighted by atomic mass is 16.1. The Hall–Kier alpha value is -2.03. The van der Waals surface area contributed by atoms with Crippen molar-refractivity contribution in [3.05, 3.63) is 58.7 Å². The summed E-state index contributed by atoms with van der Waals surface area (Å²) < 4.78 is 0. The molecule has 1 fully saturated rings. The molecule has 0 unspecified atom stereocenters. The Bertz CT molecular complexity index is 800. The third-order valence-corrected chi connectivity index (χ3v) is 5.45. The smallest absolute Gasteiger partial charge is 0.162 e. The van der Waals surface area contributed by atoms with Crippen LogP contribution in [-0.2, 0) is 16.2 Å². The van der Waals surface area contributed by atoms with Crippen LogP contribution in [0.2, 0.25) is 0 Å². The van der Waals surface area contributed by atoms with Gasteiger partial charge in [-0.3, -0.25) is 4.79 Å². The number of Topliss-reactive ketones (excluding diaryl/α,β-unsaturated/α-hetero) is 1. The highest BCUT2D eigenvalue weighted by Crippen LogP contribution is 2.53. The minimum Gasteiger partial charge on any atom is -0.294 e. The molecule has 1 aliphatic rings. The summed E-state index contributed by atoms with van der Waals surface area (Å²) in [5, 5.41) is 0. The normalized spacial score (nSPS) is 16.4. The molecule has 2 aromatic rings. The molecule has 1 saturated carbocycles. The zero-order valence-electron chi connectivity index (χ0n) is 17.1. The van der Waals surface area contributed by atoms with E-state index in [1.54, 1.807) is 19.3 Å². The third-order valence-electron chi connectivity index (χ3n) is 5.45. The molecule has 0 spiro atoms. The first kappa shape index (κ1) is 18.8. The molecular formula is C23H30N2O. The maximum Gasteiger partial charge on any atom is 0.162 e. The Labute approximate surface area is 157 Å². The molecule has 0 aliphatic heterocycles. The van der Waals surface area contributed by atoms with Crippen LogP contribution >= 0.6 is 0 Å². The van der Waals surface area contributed by atoms with Crippen molar-refractivity contribution in [2.45, 2.75) is 77.6 Å². The molecule has 1 aliphatic carbocycles. The molecule has 3 heteroatoms. The van der Waals surface area contributed by atoms with Crippen LogP contribution in [0.3, 0.4) is 0 Å². The van der Waals surface area contributed by atoms with Crippen LogP contribution < -0.4 is 0 Å². The van der Waals surface area contributed by atoms with Crippen molar-refractivity contribution < 1.29 is 4.79 Å². The van der Waals surface area contributed by atoms with Crippen LogP contribution in [0.5, 0.6) is 0 Å². The van der Waals surface area contributed by atoms with Gasteiger partial charge in [0.05, 0.1) is 11.0 Å². The summed E-state index contributed by atoms with van der Waals surface area (Å²) in [6.45, 7) is 15.1. The molecule has 3 rings (SSSR count). The number of hydrogen-bond acceptors (Lipinski definition) is 3. The lowest BCUT2D eigenvalue weighted by Crippen LogP contribution is -2.20. The van der Waals surface area contributed by atoms with Gasteiger partial charge in [-0.1, -0.05) is 59.7 Å². The maximum absolute atomic E-state index is 11.5. The van der Waals surface area contributed by atoms with Gasteiger partial charge in [0.15, 0.2) is 5.78 Å². The minimum absolute atomic E-state index is 0.00569. The molecule has 0 bridgehead atoms. The molecule has 0 saturated heterocycles. The predicted molar refractivity (Wildman–Crippen MR) is 106 cm³/mol. The highest BCUT2D eigenvalue weighted by Gasteiger charge is 2.49. The number of aromatic nitrogens is 2. The van der Waals surface area contributed by atoms with Gasteiger partial charge in [0.1, 0.15) is 5.82 Å². The van der Waals surface area contributed by atoms with Crippen molar-refractivity contribution in [1.82, 2.24) is 9.97 Å². The standard InChI is InChI=1S/C23H30N2O/c1-15(26)16-13-24-20(25-14-16)23(8-9-23)19-11-17(21(2,3)4)10-18(12-19)22(5,6)7/h10-14H,8-9H2,1-7H3. The van der Waals surface area contributed by atoms with Crippen LogP contribution in [-0.4, -0.2) is 15.8 Å². The molecule has 1 aromatic carbocycles. The van der Waals surface area contributed by atoms with Gasteiger partial charge in [0.25, 0.3) is 0 Å². The minimum atomic E-state index is -0.101. The third kappa shape index (κ3) is 3.44. The average molecular weight is 351 g/mol. The van der Waals surface area contributed by atoms with Gasteiger partial charge in [-0.2, -0.15) is 0 Å². The molecular weight excluding hydrogens is 320 g/mol. The van der Waals surface area contributed by atoms with Gasteiger partial charge < -0.3 is 0 Å². The second kappa shape index (κ2) is 6.00. The van der Waals surface area contributed by atoms with Gasteiger partial charge in [0, 0.05) is 12.4 Å². The summed E-state index contributed by atoms with van der Waals surface area (Å²) in [6.07, 6.45) is 5.46. The van der Waals surface area contributed by atoms with E-state index in [9.17, 15) is 4.79 Å². The van der Waals surface area contributed by atoms with E-state index < -0.39 is 0 Å². The van der Waals surface area contributed by atoms with Crippen LogP contribution in [0.1, 0.15) is 94.2 Å². The first-order valence-electron chi connectivity index (χ1n) is 9.43. The van der Waals surface area contributed by atoms with E-state index in [0.29, 0.717) is 5.56 Å². The van der Waals surface area contributed by atoms with Crippen LogP contribution in [0.15, 0.2) is 30.6 Å². The summed E-state index contributed by atoms with van der Waals surface area (Å²) >= 11 is 0. The van der Waals surface area contributed by atoms with E-state index in [2.05, 4.69) is 69.7 Å². The Kier molecular flexibility index (Phi) is 4.33. The molecule has 0 atom stereocenters. The van der Waals surface area contributed by atoms with Gasteiger partial charge >= 0.3 is 0 Å². The van der Waals surface area contributed by atoms with Crippen molar-refractivity contribution in [3.63, 3.8) is 0 Å². The van der Waals surface area contributed by atoms with Crippen molar-refractivity contribution in [2.24, 2.45) is 0 Å². The Balaban J connectivity index is 2.11. The number of carbonyl (C=O) groups is 1. The number of benzene rings is 1. The fourth-order valence-electron chi connectivity index (χ4n) is 3.29. The quantitative estimate of drug-likeness (QED) is 0.700. The summed E-state index contributed by atoms with van der Waals surface area (Å²) in [7, 11) is 0. The number of rotatable bonds is 3. The van der Waals surface area contributed by atoms with Crippen LogP contribution in [0.4, 0.5) is 0 Å². The fourth-order valence-corrected chi connectivity index (χ4v) is 3.29. The lowest BCUT2D eigenvalue weighted by molar-refractivity contribution is 0.101. The van der Waals surface area contributed by atoms with Crippen molar-refractivity contribution >= 4 is 5.78 Å². The monoisotopic (exact) mass is 350 g/mol. The first-order valence-corrected chi connectivity index (χ1v) is 9.43. The van der Waals surface area contributed by atoms with E-state index in [0.717, 1.165) is 18.7 Å². The molecule has 0 N–H and O–H groups in total. The van der Waals surface area contributed by atoms with E-state index in [-0.39, 0.29) is 22.0 Å². The fraction of sp³-hybridized carbons (Fsp3) is 0.522. The molecule has 1 aromatic heterocycles. The zero-order valence-corrected chi connectivity index (χ0v) is 17.1. The Morgan fingerprint density at radius 1 is 0.885 bits per heavy atom. The molecule has 26 heavy (non-hydrogen) atoms. The molecule has 0 radical (unpaired) electrons. The van der Waals surface area contributed by atoms with Crippen molar-refractivity contribution in [2.75, 3.05) is 0 Å². The van der Waals surface area contributed by atoms with Crippen molar-refractivity contribution in [3.8, 4) is 0 Å². The first-order chi connectivity index (χ1) is 11.9.